The second-order valence-corrected chi connectivity index (χ2v) is 5.83. The molecule has 0 aliphatic carbocycles. The van der Waals surface area contributed by atoms with Gasteiger partial charge in [0.2, 0.25) is 0 Å². The van der Waals surface area contributed by atoms with E-state index in [1.165, 1.54) is 15.4 Å². The van der Waals surface area contributed by atoms with Crippen molar-refractivity contribution >= 4 is 24.6 Å². The van der Waals surface area contributed by atoms with E-state index in [4.69, 9.17) is 0 Å². The molecule has 0 saturated carbocycles. The van der Waals surface area contributed by atoms with Crippen molar-refractivity contribution in [2.75, 3.05) is 11.6 Å². The van der Waals surface area contributed by atoms with Crippen LogP contribution in [0.4, 0.5) is 5.69 Å². The molecule has 0 bridgehead atoms. The minimum Gasteiger partial charge on any atom is -0.409 e. The molecule has 0 radical (unpaired) electrons. The summed E-state index contributed by atoms with van der Waals surface area (Å²) in [6.45, 7) is 0. The third-order valence-electron chi connectivity index (χ3n) is 1.67. The molecule has 0 saturated heterocycles. The zero-order valence-electron chi connectivity index (χ0n) is 6.54. The van der Waals surface area contributed by atoms with Gasteiger partial charge in [0.1, 0.15) is 9.20 Å². The Morgan fingerprint density at radius 3 is 2.40 bits per heavy atom. The standard InChI is InChI=1S/C7H13NSi2/c1-8(10-9)7-5-3-2-4-6-7/h2-6H,10H2,1,9H3. The van der Waals surface area contributed by atoms with Gasteiger partial charge in [-0.2, -0.15) is 0 Å². The van der Waals surface area contributed by atoms with Crippen LogP contribution in [0.5, 0.6) is 0 Å². The molecule has 10 heavy (non-hydrogen) atoms. The average molecular weight is 167 g/mol. The van der Waals surface area contributed by atoms with Crippen LogP contribution >= 0.6 is 0 Å². The minimum atomic E-state index is 0.112. The molecule has 1 rings (SSSR count). The zero-order chi connectivity index (χ0) is 7.40. The van der Waals surface area contributed by atoms with Crippen LogP contribution in [0.25, 0.3) is 0 Å². The predicted octanol–water partition coefficient (Wildman–Crippen LogP) is -0.513. The summed E-state index contributed by atoms with van der Waals surface area (Å²) in [5.74, 6) is 0. The molecule has 0 unspecified atom stereocenters. The first-order valence-electron chi connectivity index (χ1n) is 3.60. The lowest BCUT2D eigenvalue weighted by Crippen LogP contribution is -2.21. The molecule has 0 fully saturated rings. The van der Waals surface area contributed by atoms with Crippen LogP contribution < -0.4 is 4.57 Å². The molecule has 0 spiro atoms. The maximum absolute atomic E-state index is 2.41. The van der Waals surface area contributed by atoms with Gasteiger partial charge >= 0.3 is 0 Å². The molecule has 0 N–H and O–H groups in total. The van der Waals surface area contributed by atoms with E-state index in [1.807, 2.05) is 0 Å². The molecular formula is C7H13NSi2. The maximum Gasteiger partial charge on any atom is 0.103 e. The highest BCUT2D eigenvalue weighted by atomic mass is 29.1. The van der Waals surface area contributed by atoms with E-state index in [1.54, 1.807) is 0 Å². The van der Waals surface area contributed by atoms with Crippen LogP contribution in [0.15, 0.2) is 30.3 Å². The number of hydrogen-bond acceptors (Lipinski definition) is 1. The van der Waals surface area contributed by atoms with Gasteiger partial charge in [0.05, 0.1) is 0 Å². The largest absolute Gasteiger partial charge is 0.409 e. The highest BCUT2D eigenvalue weighted by molar-refractivity contribution is 6.91. The lowest BCUT2D eigenvalue weighted by Gasteiger charge is -2.15. The van der Waals surface area contributed by atoms with Crippen molar-refractivity contribution in [2.24, 2.45) is 0 Å². The molecule has 0 aliphatic rings. The zero-order valence-corrected chi connectivity index (χ0v) is 9.96. The Bertz CT molecular complexity index is 188. The van der Waals surface area contributed by atoms with E-state index in [-0.39, 0.29) is 9.20 Å². The second kappa shape index (κ2) is 3.58. The van der Waals surface area contributed by atoms with E-state index in [9.17, 15) is 0 Å². The normalized spacial score (nSPS) is 10.9. The quantitative estimate of drug-likeness (QED) is 0.536. The van der Waals surface area contributed by atoms with Gasteiger partial charge in [0.15, 0.2) is 0 Å². The number of benzene rings is 1. The van der Waals surface area contributed by atoms with Crippen LogP contribution in [0.2, 0.25) is 0 Å². The first-order valence-corrected chi connectivity index (χ1v) is 9.89. The first kappa shape index (κ1) is 7.56. The topological polar surface area (TPSA) is 3.24 Å². The first-order chi connectivity index (χ1) is 4.84. The van der Waals surface area contributed by atoms with Gasteiger partial charge in [0, 0.05) is 15.4 Å². The van der Waals surface area contributed by atoms with Crippen LogP contribution in [0, 0.1) is 0 Å². The van der Waals surface area contributed by atoms with E-state index in [0.29, 0.717) is 0 Å². The Balaban J connectivity index is 2.75. The molecule has 0 atom stereocenters. The highest BCUT2D eigenvalue weighted by Gasteiger charge is 1.92. The smallest absolute Gasteiger partial charge is 0.103 e. The molecule has 3 heteroatoms. The van der Waals surface area contributed by atoms with Gasteiger partial charge in [-0.15, -0.1) is 0 Å². The minimum absolute atomic E-state index is 0.112. The summed E-state index contributed by atoms with van der Waals surface area (Å²) in [7, 11) is 3.67. The third-order valence-corrected chi connectivity index (χ3v) is 5.83. The fraction of sp³-hybridized carbons (Fsp3) is 0.143. The van der Waals surface area contributed by atoms with Crippen molar-refractivity contribution in [3.63, 3.8) is 0 Å². The number of hydrogen-bond donors (Lipinski definition) is 0. The van der Waals surface area contributed by atoms with Gasteiger partial charge in [-0.1, -0.05) is 18.2 Å². The summed E-state index contributed by atoms with van der Waals surface area (Å²) in [6, 6.07) is 10.6. The Morgan fingerprint density at radius 1 is 1.30 bits per heavy atom. The Labute approximate surface area is 67.2 Å². The molecule has 1 aromatic rings. The number of para-hydroxylation sites is 1. The van der Waals surface area contributed by atoms with Crippen LogP contribution in [0.1, 0.15) is 0 Å². The average Bonchev–Trinajstić information content (AvgIpc) is 2.05. The van der Waals surface area contributed by atoms with Gasteiger partial charge < -0.3 is 4.57 Å². The van der Waals surface area contributed by atoms with Crippen molar-refractivity contribution in [2.45, 2.75) is 0 Å². The lowest BCUT2D eigenvalue weighted by atomic mass is 10.3. The van der Waals surface area contributed by atoms with Gasteiger partial charge in [0.25, 0.3) is 0 Å². The van der Waals surface area contributed by atoms with Crippen LogP contribution in [-0.4, -0.2) is 26.0 Å². The van der Waals surface area contributed by atoms with E-state index >= 15 is 0 Å². The van der Waals surface area contributed by atoms with Crippen LogP contribution in [-0.2, 0) is 0 Å². The Kier molecular flexibility index (Phi) is 2.71. The van der Waals surface area contributed by atoms with Crippen molar-refractivity contribution in [3.8, 4) is 0 Å². The van der Waals surface area contributed by atoms with Crippen molar-refractivity contribution < 1.29 is 0 Å². The maximum atomic E-state index is 2.41. The monoisotopic (exact) mass is 167 g/mol. The molecule has 54 valence electrons. The van der Waals surface area contributed by atoms with Gasteiger partial charge in [-0.25, -0.2) is 0 Å². The second-order valence-electron chi connectivity index (χ2n) is 2.35. The molecule has 0 aromatic heterocycles. The summed E-state index contributed by atoms with van der Waals surface area (Å²) in [6.07, 6.45) is 0. The summed E-state index contributed by atoms with van der Waals surface area (Å²) in [5.41, 5.74) is 1.38. The SMILES string of the molecule is CN([SiH2][SiH3])c1ccccc1. The lowest BCUT2D eigenvalue weighted by molar-refractivity contribution is 1.34. The Morgan fingerprint density at radius 2 is 1.90 bits per heavy atom. The predicted molar refractivity (Wildman–Crippen MR) is 53.3 cm³/mol. The number of nitrogens with zero attached hydrogens (tertiary/aromatic N) is 1. The van der Waals surface area contributed by atoms with Crippen LogP contribution in [0.3, 0.4) is 0 Å². The molecule has 0 aliphatic heterocycles. The molecule has 1 nitrogen and oxygen atoms in total. The molecule has 0 heterocycles. The Hall–Kier alpha value is -0.546. The number of rotatable bonds is 2. The molecular weight excluding hydrogens is 154 g/mol. The fourth-order valence-electron chi connectivity index (χ4n) is 0.865. The third kappa shape index (κ3) is 1.72. The van der Waals surface area contributed by atoms with Crippen molar-refractivity contribution in [3.05, 3.63) is 30.3 Å². The summed E-state index contributed by atoms with van der Waals surface area (Å²) in [4.78, 5) is 0. The number of anilines is 1. The van der Waals surface area contributed by atoms with Crippen molar-refractivity contribution in [1.82, 2.24) is 0 Å². The van der Waals surface area contributed by atoms with E-state index in [0.717, 1.165) is 0 Å². The molecule has 0 amide bonds. The highest BCUT2D eigenvalue weighted by Crippen LogP contribution is 2.08. The van der Waals surface area contributed by atoms with Gasteiger partial charge in [-0.05, 0) is 19.2 Å². The van der Waals surface area contributed by atoms with E-state index in [2.05, 4.69) is 41.9 Å². The van der Waals surface area contributed by atoms with Gasteiger partial charge in [-0.3, -0.25) is 0 Å². The fourth-order valence-corrected chi connectivity index (χ4v) is 2.54. The molecule has 1 aromatic carbocycles. The van der Waals surface area contributed by atoms with Crippen molar-refractivity contribution in [1.29, 1.82) is 0 Å². The summed E-state index contributed by atoms with van der Waals surface area (Å²) >= 11 is 0. The summed E-state index contributed by atoms with van der Waals surface area (Å²) < 4.78 is 2.41. The van der Waals surface area contributed by atoms with E-state index < -0.39 is 0 Å². The summed E-state index contributed by atoms with van der Waals surface area (Å²) in [5, 5.41) is 0.